The highest BCUT2D eigenvalue weighted by molar-refractivity contribution is 6.58. The van der Waals surface area contributed by atoms with Crippen molar-refractivity contribution in [3.63, 3.8) is 0 Å². The maximum Gasteiger partial charge on any atom is 0.488 e. The van der Waals surface area contributed by atoms with Crippen LogP contribution in [0.15, 0.2) is 36.4 Å². The van der Waals surface area contributed by atoms with Gasteiger partial charge in [-0.05, 0) is 48.1 Å². The van der Waals surface area contributed by atoms with Crippen molar-refractivity contribution >= 4 is 24.2 Å². The lowest BCUT2D eigenvalue weighted by atomic mass is 9.78. The van der Waals surface area contributed by atoms with E-state index in [1.54, 1.807) is 12.1 Å². The Morgan fingerprint density at radius 1 is 1.10 bits per heavy atom. The molecule has 2 aromatic carbocycles. The molecule has 0 bridgehead atoms. The molecule has 0 fully saturated rings. The average molecular weight is 291 g/mol. The molecule has 0 amide bonds. The highest BCUT2D eigenvalue weighted by Crippen LogP contribution is 2.23. The summed E-state index contributed by atoms with van der Waals surface area (Å²) in [6, 6.07) is 10.9. The van der Waals surface area contributed by atoms with Crippen LogP contribution in [-0.2, 0) is 6.61 Å². The average Bonchev–Trinajstić information content (AvgIpc) is 2.37. The van der Waals surface area contributed by atoms with Crippen LogP contribution in [0.2, 0.25) is 5.02 Å². The van der Waals surface area contributed by atoms with Crippen molar-refractivity contribution in [2.45, 2.75) is 20.5 Å². The summed E-state index contributed by atoms with van der Waals surface area (Å²) >= 11 is 5.93. The molecule has 0 aliphatic heterocycles. The van der Waals surface area contributed by atoms with Gasteiger partial charge in [-0.15, -0.1) is 0 Å². The van der Waals surface area contributed by atoms with E-state index >= 15 is 0 Å². The van der Waals surface area contributed by atoms with E-state index < -0.39 is 7.12 Å². The lowest BCUT2D eigenvalue weighted by Crippen LogP contribution is -2.30. The Kier molecular flexibility index (Phi) is 4.71. The van der Waals surface area contributed by atoms with Crippen LogP contribution in [0, 0.1) is 13.8 Å². The summed E-state index contributed by atoms with van der Waals surface area (Å²) in [5.41, 5.74) is 3.20. The fourth-order valence-corrected chi connectivity index (χ4v) is 2.36. The second-order valence-electron chi connectivity index (χ2n) is 4.78. The molecule has 2 N–H and O–H groups in total. The van der Waals surface area contributed by atoms with Gasteiger partial charge in [-0.25, -0.2) is 0 Å². The number of hydrogen-bond donors (Lipinski definition) is 2. The van der Waals surface area contributed by atoms with Gasteiger partial charge in [0.05, 0.1) is 0 Å². The predicted octanol–water partition coefficient (Wildman–Crippen LogP) is 2.22. The molecular formula is C15H16BClO3. The van der Waals surface area contributed by atoms with E-state index in [4.69, 9.17) is 16.3 Å². The van der Waals surface area contributed by atoms with E-state index in [-0.39, 0.29) is 0 Å². The monoisotopic (exact) mass is 290 g/mol. The number of rotatable bonds is 4. The Bertz CT molecular complexity index is 591. The Balaban J connectivity index is 2.18. The van der Waals surface area contributed by atoms with Crippen LogP contribution >= 0.6 is 11.6 Å². The molecule has 0 atom stereocenters. The van der Waals surface area contributed by atoms with E-state index in [9.17, 15) is 10.0 Å². The van der Waals surface area contributed by atoms with Crippen LogP contribution in [0.1, 0.15) is 16.7 Å². The first-order valence-corrected chi connectivity index (χ1v) is 6.69. The topological polar surface area (TPSA) is 49.7 Å². The highest BCUT2D eigenvalue weighted by atomic mass is 35.5. The van der Waals surface area contributed by atoms with Gasteiger partial charge in [0.2, 0.25) is 0 Å². The minimum atomic E-state index is -1.46. The summed E-state index contributed by atoms with van der Waals surface area (Å²) in [5.74, 6) is 0.759. The maximum absolute atomic E-state index is 9.20. The van der Waals surface area contributed by atoms with E-state index in [2.05, 4.69) is 0 Å². The summed E-state index contributed by atoms with van der Waals surface area (Å²) in [7, 11) is -1.46. The molecule has 5 heteroatoms. The minimum Gasteiger partial charge on any atom is -0.488 e. The third kappa shape index (κ3) is 3.54. The molecule has 0 radical (unpaired) electrons. The molecule has 0 aliphatic carbocycles. The molecule has 0 heterocycles. The summed E-state index contributed by atoms with van der Waals surface area (Å²) in [6.07, 6.45) is 0. The van der Waals surface area contributed by atoms with E-state index in [0.717, 1.165) is 22.4 Å². The van der Waals surface area contributed by atoms with Crippen LogP contribution < -0.4 is 10.2 Å². The summed E-state index contributed by atoms with van der Waals surface area (Å²) in [6.45, 7) is 4.18. The van der Waals surface area contributed by atoms with Crippen molar-refractivity contribution < 1.29 is 14.8 Å². The molecule has 0 unspecified atom stereocenters. The van der Waals surface area contributed by atoms with Crippen LogP contribution in [0.5, 0.6) is 5.75 Å². The van der Waals surface area contributed by atoms with Gasteiger partial charge in [-0.1, -0.05) is 35.9 Å². The number of ether oxygens (including phenoxy) is 1. The zero-order valence-electron chi connectivity index (χ0n) is 11.4. The SMILES string of the molecule is Cc1cc(B(O)O)cc(C)c1OCc1cccc(Cl)c1. The van der Waals surface area contributed by atoms with Crippen molar-refractivity contribution in [1.82, 2.24) is 0 Å². The number of aryl methyl sites for hydroxylation is 2. The molecular weight excluding hydrogens is 274 g/mol. The summed E-state index contributed by atoms with van der Waals surface area (Å²) in [4.78, 5) is 0. The molecule has 104 valence electrons. The highest BCUT2D eigenvalue weighted by Gasteiger charge is 2.15. The van der Waals surface area contributed by atoms with Gasteiger partial charge in [-0.3, -0.25) is 0 Å². The van der Waals surface area contributed by atoms with Crippen molar-refractivity contribution in [1.29, 1.82) is 0 Å². The third-order valence-corrected chi connectivity index (χ3v) is 3.29. The van der Waals surface area contributed by atoms with Crippen LogP contribution in [0.25, 0.3) is 0 Å². The molecule has 0 spiro atoms. The number of benzene rings is 2. The van der Waals surface area contributed by atoms with Gasteiger partial charge in [0.25, 0.3) is 0 Å². The fraction of sp³-hybridized carbons (Fsp3) is 0.200. The van der Waals surface area contributed by atoms with Gasteiger partial charge in [-0.2, -0.15) is 0 Å². The van der Waals surface area contributed by atoms with Crippen LogP contribution in [0.4, 0.5) is 0 Å². The smallest absolute Gasteiger partial charge is 0.488 e. The quantitative estimate of drug-likeness (QED) is 0.849. The van der Waals surface area contributed by atoms with Gasteiger partial charge in [0.1, 0.15) is 12.4 Å². The van der Waals surface area contributed by atoms with Crippen LogP contribution in [0.3, 0.4) is 0 Å². The molecule has 0 saturated heterocycles. The largest absolute Gasteiger partial charge is 0.488 e. The van der Waals surface area contributed by atoms with Gasteiger partial charge < -0.3 is 14.8 Å². The predicted molar refractivity (Wildman–Crippen MR) is 81.5 cm³/mol. The van der Waals surface area contributed by atoms with Crippen molar-refractivity contribution in [2.75, 3.05) is 0 Å². The van der Waals surface area contributed by atoms with Crippen molar-refractivity contribution in [2.24, 2.45) is 0 Å². The second kappa shape index (κ2) is 6.31. The van der Waals surface area contributed by atoms with E-state index in [1.807, 2.05) is 38.1 Å². The number of halogens is 1. The summed E-state index contributed by atoms with van der Waals surface area (Å²) < 4.78 is 5.82. The zero-order chi connectivity index (χ0) is 14.7. The van der Waals surface area contributed by atoms with E-state index in [0.29, 0.717) is 17.1 Å². The Morgan fingerprint density at radius 2 is 1.75 bits per heavy atom. The normalized spacial score (nSPS) is 10.4. The van der Waals surface area contributed by atoms with Gasteiger partial charge in [0, 0.05) is 5.02 Å². The molecule has 2 rings (SSSR count). The Hall–Kier alpha value is -1.49. The van der Waals surface area contributed by atoms with E-state index in [1.165, 1.54) is 0 Å². The minimum absolute atomic E-state index is 0.420. The first-order chi connectivity index (χ1) is 9.47. The fourth-order valence-electron chi connectivity index (χ4n) is 2.14. The van der Waals surface area contributed by atoms with Crippen molar-refractivity contribution in [3.05, 3.63) is 58.1 Å². The van der Waals surface area contributed by atoms with Gasteiger partial charge in [0.15, 0.2) is 0 Å². The number of hydrogen-bond acceptors (Lipinski definition) is 3. The third-order valence-electron chi connectivity index (χ3n) is 3.05. The zero-order valence-corrected chi connectivity index (χ0v) is 12.2. The second-order valence-corrected chi connectivity index (χ2v) is 5.21. The van der Waals surface area contributed by atoms with Gasteiger partial charge >= 0.3 is 7.12 Å². The Labute approximate surface area is 123 Å². The standard InChI is InChI=1S/C15H16BClO3/c1-10-6-13(16(18)19)7-11(2)15(10)20-9-12-4-3-5-14(17)8-12/h3-8,18-19H,9H2,1-2H3. The van der Waals surface area contributed by atoms with Crippen molar-refractivity contribution in [3.8, 4) is 5.75 Å². The van der Waals surface area contributed by atoms with Crippen LogP contribution in [-0.4, -0.2) is 17.2 Å². The molecule has 3 nitrogen and oxygen atoms in total. The molecule has 20 heavy (non-hydrogen) atoms. The Morgan fingerprint density at radius 3 is 2.30 bits per heavy atom. The molecule has 0 aromatic heterocycles. The molecule has 2 aromatic rings. The summed E-state index contributed by atoms with van der Waals surface area (Å²) in [5, 5.41) is 19.1. The molecule has 0 aliphatic rings. The first kappa shape index (κ1) is 14.9. The molecule has 0 saturated carbocycles. The first-order valence-electron chi connectivity index (χ1n) is 6.32. The maximum atomic E-state index is 9.20. The lowest BCUT2D eigenvalue weighted by Gasteiger charge is -2.14. The lowest BCUT2D eigenvalue weighted by molar-refractivity contribution is 0.302.